The Balaban J connectivity index is 2.36. The lowest BCUT2D eigenvalue weighted by atomic mass is 10.1. The summed E-state index contributed by atoms with van der Waals surface area (Å²) in [5, 5.41) is 11.0. The van der Waals surface area contributed by atoms with Gasteiger partial charge >= 0.3 is 5.69 Å². The first kappa shape index (κ1) is 12.9. The maximum absolute atomic E-state index is 11.0. The van der Waals surface area contributed by atoms with Crippen molar-refractivity contribution in [2.24, 2.45) is 0 Å². The molecular formula is C13H13N3O3. The zero-order valence-corrected chi connectivity index (χ0v) is 10.7. The molecule has 0 unspecified atom stereocenters. The quantitative estimate of drug-likeness (QED) is 0.622. The molecule has 0 aliphatic rings. The van der Waals surface area contributed by atoms with Crippen molar-refractivity contribution in [3.05, 3.63) is 52.0 Å². The van der Waals surface area contributed by atoms with E-state index in [2.05, 4.69) is 9.97 Å². The molecule has 0 amide bonds. The molecule has 0 bridgehead atoms. The van der Waals surface area contributed by atoms with Gasteiger partial charge in [0.05, 0.1) is 4.92 Å². The van der Waals surface area contributed by atoms with E-state index in [1.165, 1.54) is 12.4 Å². The van der Waals surface area contributed by atoms with Crippen molar-refractivity contribution in [2.75, 3.05) is 0 Å². The van der Waals surface area contributed by atoms with Crippen molar-refractivity contribution in [3.8, 4) is 11.6 Å². The van der Waals surface area contributed by atoms with E-state index in [9.17, 15) is 10.1 Å². The van der Waals surface area contributed by atoms with E-state index in [-0.39, 0.29) is 11.4 Å². The van der Waals surface area contributed by atoms with Crippen LogP contribution in [0, 0.1) is 17.0 Å². The standard InChI is InChI=1S/C13H13N3O3/c1-3-10-4-5-12(11(7-10)16(17)18)19-13-6-9(2)14-8-15-13/h4-8H,3H2,1-2H3. The van der Waals surface area contributed by atoms with Crippen LogP contribution in [0.3, 0.4) is 0 Å². The molecule has 0 aliphatic carbocycles. The Morgan fingerprint density at radius 2 is 2.11 bits per heavy atom. The van der Waals surface area contributed by atoms with Crippen LogP contribution in [0.2, 0.25) is 0 Å². The maximum atomic E-state index is 11.0. The maximum Gasteiger partial charge on any atom is 0.311 e. The van der Waals surface area contributed by atoms with Crippen LogP contribution in [0.25, 0.3) is 0 Å². The zero-order valence-electron chi connectivity index (χ0n) is 10.7. The van der Waals surface area contributed by atoms with Crippen molar-refractivity contribution in [1.29, 1.82) is 0 Å². The summed E-state index contributed by atoms with van der Waals surface area (Å²) >= 11 is 0. The molecule has 0 fully saturated rings. The molecule has 98 valence electrons. The fourth-order valence-electron chi connectivity index (χ4n) is 1.61. The third kappa shape index (κ3) is 3.04. The summed E-state index contributed by atoms with van der Waals surface area (Å²) in [6.07, 6.45) is 2.09. The Hall–Kier alpha value is -2.50. The van der Waals surface area contributed by atoms with Crippen molar-refractivity contribution < 1.29 is 9.66 Å². The van der Waals surface area contributed by atoms with Crippen molar-refractivity contribution >= 4 is 5.69 Å². The summed E-state index contributed by atoms with van der Waals surface area (Å²) in [6, 6.07) is 6.53. The number of hydrogen-bond acceptors (Lipinski definition) is 5. The molecule has 2 aromatic rings. The second kappa shape index (κ2) is 5.43. The van der Waals surface area contributed by atoms with Crippen LogP contribution in [0.5, 0.6) is 11.6 Å². The molecular weight excluding hydrogens is 246 g/mol. The van der Waals surface area contributed by atoms with Crippen molar-refractivity contribution in [1.82, 2.24) is 9.97 Å². The van der Waals surface area contributed by atoms with E-state index in [1.54, 1.807) is 25.1 Å². The lowest BCUT2D eigenvalue weighted by Crippen LogP contribution is -1.96. The fourth-order valence-corrected chi connectivity index (χ4v) is 1.61. The van der Waals surface area contributed by atoms with Crippen LogP contribution in [-0.4, -0.2) is 14.9 Å². The largest absolute Gasteiger partial charge is 0.432 e. The fraction of sp³-hybridized carbons (Fsp3) is 0.231. The Kier molecular flexibility index (Phi) is 3.70. The van der Waals surface area contributed by atoms with E-state index in [0.29, 0.717) is 5.88 Å². The monoisotopic (exact) mass is 259 g/mol. The number of rotatable bonds is 4. The molecule has 0 spiro atoms. The van der Waals surface area contributed by atoms with E-state index in [0.717, 1.165) is 17.7 Å². The topological polar surface area (TPSA) is 78.2 Å². The van der Waals surface area contributed by atoms with Crippen molar-refractivity contribution in [3.63, 3.8) is 0 Å². The SMILES string of the molecule is CCc1ccc(Oc2cc(C)ncn2)c([N+](=O)[O-])c1. The Labute approximate surface area is 110 Å². The van der Waals surface area contributed by atoms with Gasteiger partial charge in [0.25, 0.3) is 0 Å². The predicted molar refractivity (Wildman–Crippen MR) is 69.3 cm³/mol. The van der Waals surface area contributed by atoms with Gasteiger partial charge in [-0.3, -0.25) is 10.1 Å². The molecule has 0 atom stereocenters. The van der Waals surface area contributed by atoms with Crippen LogP contribution in [0.15, 0.2) is 30.6 Å². The van der Waals surface area contributed by atoms with E-state index in [4.69, 9.17) is 4.74 Å². The third-order valence-electron chi connectivity index (χ3n) is 2.62. The number of nitrogens with zero attached hydrogens (tertiary/aromatic N) is 3. The molecule has 0 N–H and O–H groups in total. The molecule has 0 saturated carbocycles. The Bertz CT molecular complexity index is 614. The lowest BCUT2D eigenvalue weighted by Gasteiger charge is -2.06. The van der Waals surface area contributed by atoms with Crippen LogP contribution >= 0.6 is 0 Å². The highest BCUT2D eigenvalue weighted by Gasteiger charge is 2.16. The minimum absolute atomic E-state index is 0.0596. The number of ether oxygens (including phenoxy) is 1. The minimum Gasteiger partial charge on any atom is -0.432 e. The van der Waals surface area contributed by atoms with Crippen LogP contribution < -0.4 is 4.74 Å². The van der Waals surface area contributed by atoms with Gasteiger partial charge in [-0.2, -0.15) is 0 Å². The molecule has 6 heteroatoms. The number of aromatic nitrogens is 2. The minimum atomic E-state index is -0.456. The molecule has 1 aromatic heterocycles. The van der Waals surface area contributed by atoms with Gasteiger partial charge in [-0.15, -0.1) is 0 Å². The van der Waals surface area contributed by atoms with Gasteiger partial charge in [0.2, 0.25) is 11.6 Å². The van der Waals surface area contributed by atoms with Gasteiger partial charge in [-0.05, 0) is 25.0 Å². The number of nitro benzene ring substituents is 1. The summed E-state index contributed by atoms with van der Waals surface area (Å²) in [5.74, 6) is 0.472. The first-order valence-corrected chi connectivity index (χ1v) is 5.84. The second-order valence-electron chi connectivity index (χ2n) is 4.01. The molecule has 0 aliphatic heterocycles. The van der Waals surface area contributed by atoms with Gasteiger partial charge in [-0.1, -0.05) is 13.0 Å². The average molecular weight is 259 g/mol. The predicted octanol–water partition coefficient (Wildman–Crippen LogP) is 3.05. The van der Waals surface area contributed by atoms with Crippen molar-refractivity contribution in [2.45, 2.75) is 20.3 Å². The number of aryl methyl sites for hydroxylation is 2. The number of nitro groups is 1. The normalized spacial score (nSPS) is 10.2. The highest BCUT2D eigenvalue weighted by molar-refractivity contribution is 5.50. The van der Waals surface area contributed by atoms with Crippen LogP contribution in [0.4, 0.5) is 5.69 Å². The average Bonchev–Trinajstić information content (AvgIpc) is 2.39. The summed E-state index contributed by atoms with van der Waals surface area (Å²) in [4.78, 5) is 18.4. The highest BCUT2D eigenvalue weighted by Crippen LogP contribution is 2.31. The molecule has 2 rings (SSSR count). The molecule has 0 saturated heterocycles. The van der Waals surface area contributed by atoms with Crippen LogP contribution in [0.1, 0.15) is 18.2 Å². The Morgan fingerprint density at radius 3 is 2.74 bits per heavy atom. The first-order valence-electron chi connectivity index (χ1n) is 5.84. The second-order valence-corrected chi connectivity index (χ2v) is 4.01. The summed E-state index contributed by atoms with van der Waals surface area (Å²) in [6.45, 7) is 3.73. The summed E-state index contributed by atoms with van der Waals surface area (Å²) < 4.78 is 5.46. The lowest BCUT2D eigenvalue weighted by molar-refractivity contribution is -0.385. The van der Waals surface area contributed by atoms with E-state index in [1.807, 2.05) is 6.92 Å². The molecule has 1 aromatic carbocycles. The van der Waals surface area contributed by atoms with E-state index >= 15 is 0 Å². The van der Waals surface area contributed by atoms with Gasteiger partial charge in [-0.25, -0.2) is 9.97 Å². The molecule has 19 heavy (non-hydrogen) atoms. The third-order valence-corrected chi connectivity index (χ3v) is 2.62. The zero-order chi connectivity index (χ0) is 13.8. The van der Waals surface area contributed by atoms with Crippen LogP contribution in [-0.2, 0) is 6.42 Å². The van der Waals surface area contributed by atoms with E-state index < -0.39 is 4.92 Å². The first-order chi connectivity index (χ1) is 9.10. The molecule has 1 heterocycles. The highest BCUT2D eigenvalue weighted by atomic mass is 16.6. The molecule has 6 nitrogen and oxygen atoms in total. The number of benzene rings is 1. The van der Waals surface area contributed by atoms with Gasteiger partial charge in [0.1, 0.15) is 6.33 Å². The Morgan fingerprint density at radius 1 is 1.32 bits per heavy atom. The molecule has 0 radical (unpaired) electrons. The van der Waals surface area contributed by atoms with Gasteiger partial charge in [0, 0.05) is 17.8 Å². The summed E-state index contributed by atoms with van der Waals surface area (Å²) in [7, 11) is 0. The van der Waals surface area contributed by atoms with Gasteiger partial charge in [0.15, 0.2) is 0 Å². The summed E-state index contributed by atoms with van der Waals surface area (Å²) in [5.41, 5.74) is 1.56. The van der Waals surface area contributed by atoms with Gasteiger partial charge < -0.3 is 4.74 Å². The number of hydrogen-bond donors (Lipinski definition) is 0. The smallest absolute Gasteiger partial charge is 0.311 e.